The largest absolute Gasteiger partial charge is 0.490 e. The summed E-state index contributed by atoms with van der Waals surface area (Å²) in [4.78, 5) is 0. The van der Waals surface area contributed by atoms with E-state index in [1.807, 2.05) is 6.92 Å². The Morgan fingerprint density at radius 3 is 3.00 bits per heavy atom. The van der Waals surface area contributed by atoms with Crippen LogP contribution in [0.3, 0.4) is 0 Å². The molecular weight excluding hydrogens is 186 g/mol. The maximum Gasteiger partial charge on any atom is 0.122 e. The predicted molar refractivity (Wildman–Crippen MR) is 62.1 cm³/mol. The molecule has 82 valence electrons. The van der Waals surface area contributed by atoms with E-state index in [-0.39, 0.29) is 6.04 Å². The number of rotatable bonds is 1. The highest BCUT2D eigenvalue weighted by Gasteiger charge is 2.14. The molecule has 0 amide bonds. The molecule has 1 aliphatic rings. The van der Waals surface area contributed by atoms with Crippen LogP contribution in [0.25, 0.3) is 0 Å². The molecule has 2 unspecified atom stereocenters. The van der Waals surface area contributed by atoms with Gasteiger partial charge in [0.2, 0.25) is 0 Å². The van der Waals surface area contributed by atoms with Crippen molar-refractivity contribution in [3.63, 3.8) is 0 Å². The van der Waals surface area contributed by atoms with Crippen molar-refractivity contribution in [2.75, 3.05) is 0 Å². The molecule has 0 bridgehead atoms. The van der Waals surface area contributed by atoms with Crippen LogP contribution in [-0.2, 0) is 6.42 Å². The van der Waals surface area contributed by atoms with Crippen LogP contribution in [0.4, 0.5) is 0 Å². The minimum absolute atomic E-state index is 0.107. The van der Waals surface area contributed by atoms with Crippen LogP contribution in [0.5, 0.6) is 5.75 Å². The lowest BCUT2D eigenvalue weighted by molar-refractivity contribution is 0.216. The summed E-state index contributed by atoms with van der Waals surface area (Å²) in [5, 5.41) is 0. The summed E-state index contributed by atoms with van der Waals surface area (Å²) < 4.78 is 5.85. The first-order valence-electron chi connectivity index (χ1n) is 5.72. The van der Waals surface area contributed by atoms with Crippen molar-refractivity contribution in [3.8, 4) is 5.75 Å². The molecular formula is C13H19NO. The number of aryl methyl sites for hydroxylation is 1. The van der Waals surface area contributed by atoms with Crippen LogP contribution in [-0.4, -0.2) is 6.10 Å². The van der Waals surface area contributed by atoms with Crippen molar-refractivity contribution in [3.05, 3.63) is 29.3 Å². The van der Waals surface area contributed by atoms with Crippen LogP contribution in [0.1, 0.15) is 43.9 Å². The summed E-state index contributed by atoms with van der Waals surface area (Å²) in [5.41, 5.74) is 8.39. The molecule has 1 aliphatic heterocycles. The first-order chi connectivity index (χ1) is 7.16. The second-order valence-corrected chi connectivity index (χ2v) is 4.48. The smallest absolute Gasteiger partial charge is 0.122 e. The van der Waals surface area contributed by atoms with Gasteiger partial charge in [-0.1, -0.05) is 12.1 Å². The maximum absolute atomic E-state index is 5.87. The highest BCUT2D eigenvalue weighted by atomic mass is 16.5. The third-order valence-corrected chi connectivity index (χ3v) is 3.00. The number of ether oxygens (including phenoxy) is 1. The zero-order valence-corrected chi connectivity index (χ0v) is 9.49. The summed E-state index contributed by atoms with van der Waals surface area (Å²) in [6.45, 7) is 4.15. The van der Waals surface area contributed by atoms with Gasteiger partial charge in [-0.05, 0) is 50.3 Å². The van der Waals surface area contributed by atoms with Gasteiger partial charge in [-0.15, -0.1) is 0 Å². The Hall–Kier alpha value is -1.02. The quantitative estimate of drug-likeness (QED) is 0.765. The van der Waals surface area contributed by atoms with E-state index in [9.17, 15) is 0 Å². The van der Waals surface area contributed by atoms with Crippen molar-refractivity contribution in [1.29, 1.82) is 0 Å². The zero-order valence-electron chi connectivity index (χ0n) is 9.49. The average Bonchev–Trinajstić information content (AvgIpc) is 2.37. The molecule has 2 N–H and O–H groups in total. The average molecular weight is 205 g/mol. The van der Waals surface area contributed by atoms with Crippen molar-refractivity contribution in [2.24, 2.45) is 5.73 Å². The van der Waals surface area contributed by atoms with E-state index in [1.165, 1.54) is 17.5 Å². The Morgan fingerprint density at radius 1 is 1.47 bits per heavy atom. The van der Waals surface area contributed by atoms with Crippen LogP contribution in [0.2, 0.25) is 0 Å². The Bertz CT molecular complexity index is 346. The number of fused-ring (bicyclic) bond motifs is 1. The van der Waals surface area contributed by atoms with Crippen molar-refractivity contribution < 1.29 is 4.74 Å². The molecule has 0 aromatic heterocycles. The van der Waals surface area contributed by atoms with E-state index < -0.39 is 0 Å². The molecule has 0 spiro atoms. The van der Waals surface area contributed by atoms with Gasteiger partial charge in [-0.25, -0.2) is 0 Å². The van der Waals surface area contributed by atoms with Crippen molar-refractivity contribution in [1.82, 2.24) is 0 Å². The second-order valence-electron chi connectivity index (χ2n) is 4.48. The third kappa shape index (κ3) is 2.32. The highest BCUT2D eigenvalue weighted by molar-refractivity contribution is 5.39. The molecule has 1 aromatic carbocycles. The standard InChI is InChI=1S/C13H19NO/c1-9-4-3-5-12-8-11(10(2)14)6-7-13(12)15-9/h6-10H,3-5,14H2,1-2H3. The van der Waals surface area contributed by atoms with Crippen LogP contribution in [0, 0.1) is 0 Å². The Labute approximate surface area is 91.4 Å². The van der Waals surface area contributed by atoms with Gasteiger partial charge in [0.15, 0.2) is 0 Å². The van der Waals surface area contributed by atoms with Gasteiger partial charge in [-0.2, -0.15) is 0 Å². The Balaban J connectivity index is 2.31. The second kappa shape index (κ2) is 4.23. The molecule has 2 nitrogen and oxygen atoms in total. The van der Waals surface area contributed by atoms with Gasteiger partial charge in [0.05, 0.1) is 6.10 Å². The predicted octanol–water partition coefficient (Wildman–Crippen LogP) is 2.81. The normalized spacial score (nSPS) is 22.5. The molecule has 0 aliphatic carbocycles. The first-order valence-corrected chi connectivity index (χ1v) is 5.72. The highest BCUT2D eigenvalue weighted by Crippen LogP contribution is 2.28. The molecule has 2 atom stereocenters. The van der Waals surface area contributed by atoms with Gasteiger partial charge in [0.25, 0.3) is 0 Å². The molecule has 0 fully saturated rings. The van der Waals surface area contributed by atoms with Crippen molar-refractivity contribution in [2.45, 2.75) is 45.3 Å². The first kappa shape index (κ1) is 10.5. The maximum atomic E-state index is 5.87. The molecule has 0 saturated carbocycles. The lowest BCUT2D eigenvalue weighted by Gasteiger charge is -2.14. The fourth-order valence-electron chi connectivity index (χ4n) is 2.05. The molecule has 0 saturated heterocycles. The zero-order chi connectivity index (χ0) is 10.8. The number of benzene rings is 1. The summed E-state index contributed by atoms with van der Waals surface area (Å²) in [7, 11) is 0. The van der Waals surface area contributed by atoms with E-state index in [4.69, 9.17) is 10.5 Å². The fourth-order valence-corrected chi connectivity index (χ4v) is 2.05. The third-order valence-electron chi connectivity index (χ3n) is 3.00. The number of nitrogens with two attached hydrogens (primary N) is 1. The molecule has 2 heteroatoms. The molecule has 1 heterocycles. The van der Waals surface area contributed by atoms with E-state index in [0.717, 1.165) is 18.6 Å². The lowest BCUT2D eigenvalue weighted by Crippen LogP contribution is -2.10. The molecule has 15 heavy (non-hydrogen) atoms. The summed E-state index contributed by atoms with van der Waals surface area (Å²) in [5.74, 6) is 1.05. The molecule has 1 aromatic rings. The Kier molecular flexibility index (Phi) is 2.96. The Morgan fingerprint density at radius 2 is 2.27 bits per heavy atom. The van der Waals surface area contributed by atoms with Crippen LogP contribution < -0.4 is 10.5 Å². The monoisotopic (exact) mass is 205 g/mol. The molecule has 2 rings (SSSR count). The van der Waals surface area contributed by atoms with Gasteiger partial charge < -0.3 is 10.5 Å². The van der Waals surface area contributed by atoms with E-state index >= 15 is 0 Å². The van der Waals surface area contributed by atoms with Gasteiger partial charge >= 0.3 is 0 Å². The molecule has 0 radical (unpaired) electrons. The summed E-state index contributed by atoms with van der Waals surface area (Å²) in [6.07, 6.45) is 3.80. The van der Waals surface area contributed by atoms with E-state index in [1.54, 1.807) is 0 Å². The number of hydrogen-bond donors (Lipinski definition) is 1. The van der Waals surface area contributed by atoms with Gasteiger partial charge in [0, 0.05) is 6.04 Å². The van der Waals surface area contributed by atoms with E-state index in [0.29, 0.717) is 6.10 Å². The van der Waals surface area contributed by atoms with Gasteiger partial charge in [-0.3, -0.25) is 0 Å². The SMILES string of the molecule is CC1CCCc2cc(C(C)N)ccc2O1. The summed E-state index contributed by atoms with van der Waals surface area (Å²) >= 11 is 0. The lowest BCUT2D eigenvalue weighted by atomic mass is 10.0. The number of hydrogen-bond acceptors (Lipinski definition) is 2. The minimum Gasteiger partial charge on any atom is -0.490 e. The van der Waals surface area contributed by atoms with Gasteiger partial charge in [0.1, 0.15) is 5.75 Å². The van der Waals surface area contributed by atoms with Crippen LogP contribution >= 0.6 is 0 Å². The fraction of sp³-hybridized carbons (Fsp3) is 0.538. The summed E-state index contributed by atoms with van der Waals surface area (Å²) in [6, 6.07) is 6.44. The van der Waals surface area contributed by atoms with Crippen LogP contribution in [0.15, 0.2) is 18.2 Å². The van der Waals surface area contributed by atoms with Crippen molar-refractivity contribution >= 4 is 0 Å². The minimum atomic E-state index is 0.107. The topological polar surface area (TPSA) is 35.2 Å². The van der Waals surface area contributed by atoms with E-state index in [2.05, 4.69) is 25.1 Å².